The number of halogens is 1. The van der Waals surface area contributed by atoms with Gasteiger partial charge in [-0.1, -0.05) is 17.7 Å². The van der Waals surface area contributed by atoms with E-state index in [0.717, 1.165) is 24.8 Å². The van der Waals surface area contributed by atoms with Crippen LogP contribution in [-0.2, 0) is 10.3 Å². The fourth-order valence-corrected chi connectivity index (χ4v) is 2.70. The molecule has 4 nitrogen and oxygen atoms in total. The van der Waals surface area contributed by atoms with E-state index in [-0.39, 0.29) is 0 Å². The van der Waals surface area contributed by atoms with Gasteiger partial charge in [-0.2, -0.15) is 4.99 Å². The number of isocyanates is 1. The van der Waals surface area contributed by atoms with Crippen molar-refractivity contribution in [2.24, 2.45) is 4.99 Å². The molecule has 0 amide bonds. The molecule has 1 aromatic rings. The molecule has 0 N–H and O–H groups in total. The Balaban J connectivity index is 2.55. The molecule has 0 aromatic heterocycles. The highest BCUT2D eigenvalue weighted by Crippen LogP contribution is 2.50. The molecule has 96 valence electrons. The third-order valence-electron chi connectivity index (χ3n) is 3.43. The summed E-state index contributed by atoms with van der Waals surface area (Å²) in [5, 5.41) is 0.454. The van der Waals surface area contributed by atoms with Crippen LogP contribution in [0.15, 0.2) is 17.1 Å². The molecule has 1 aliphatic rings. The zero-order valence-corrected chi connectivity index (χ0v) is 11.1. The number of methoxy groups -OCH3 is 2. The Morgan fingerprint density at radius 2 is 2.06 bits per heavy atom. The highest BCUT2D eigenvalue weighted by atomic mass is 35.5. The molecule has 5 heteroatoms. The molecule has 0 bridgehead atoms. The zero-order valence-electron chi connectivity index (χ0n) is 10.3. The van der Waals surface area contributed by atoms with Crippen LogP contribution in [0.1, 0.15) is 24.8 Å². The smallest absolute Gasteiger partial charge is 0.235 e. The maximum absolute atomic E-state index is 10.6. The molecule has 0 spiro atoms. The lowest BCUT2D eigenvalue weighted by molar-refractivity contribution is 0.254. The van der Waals surface area contributed by atoms with E-state index in [9.17, 15) is 4.79 Å². The van der Waals surface area contributed by atoms with Crippen LogP contribution in [-0.4, -0.2) is 20.3 Å². The van der Waals surface area contributed by atoms with E-state index >= 15 is 0 Å². The van der Waals surface area contributed by atoms with Crippen molar-refractivity contribution in [1.82, 2.24) is 0 Å². The highest BCUT2D eigenvalue weighted by molar-refractivity contribution is 6.33. The van der Waals surface area contributed by atoms with Crippen LogP contribution in [0, 0.1) is 0 Å². The quantitative estimate of drug-likeness (QED) is 0.622. The predicted octanol–water partition coefficient (Wildman–Crippen LogP) is 3.07. The molecule has 18 heavy (non-hydrogen) atoms. The number of benzene rings is 1. The SMILES string of the molecule is COc1ccc(C2(N=C=O)CCC2)c(Cl)c1OC. The Morgan fingerprint density at radius 1 is 1.33 bits per heavy atom. The van der Waals surface area contributed by atoms with Gasteiger partial charge in [0.25, 0.3) is 0 Å². The highest BCUT2D eigenvalue weighted by Gasteiger charge is 2.41. The number of hydrogen-bond acceptors (Lipinski definition) is 4. The van der Waals surface area contributed by atoms with Crippen LogP contribution in [0.25, 0.3) is 0 Å². The predicted molar refractivity (Wildman–Crippen MR) is 68.2 cm³/mol. The lowest BCUT2D eigenvalue weighted by atomic mass is 9.72. The summed E-state index contributed by atoms with van der Waals surface area (Å²) in [5.41, 5.74) is 0.273. The average molecular weight is 268 g/mol. The Labute approximate surface area is 111 Å². The van der Waals surface area contributed by atoms with Gasteiger partial charge in [0.15, 0.2) is 11.5 Å². The number of hydrogen-bond donors (Lipinski definition) is 0. The number of ether oxygens (including phenoxy) is 2. The van der Waals surface area contributed by atoms with E-state index in [1.807, 2.05) is 6.07 Å². The first kappa shape index (κ1) is 12.9. The molecule has 0 radical (unpaired) electrons. The van der Waals surface area contributed by atoms with Crippen LogP contribution in [0.5, 0.6) is 11.5 Å². The van der Waals surface area contributed by atoms with Crippen molar-refractivity contribution in [2.75, 3.05) is 14.2 Å². The minimum Gasteiger partial charge on any atom is -0.493 e. The van der Waals surface area contributed by atoms with Crippen molar-refractivity contribution in [2.45, 2.75) is 24.8 Å². The first-order valence-electron chi connectivity index (χ1n) is 5.68. The summed E-state index contributed by atoms with van der Waals surface area (Å²) in [6.45, 7) is 0. The van der Waals surface area contributed by atoms with Gasteiger partial charge in [0.2, 0.25) is 6.08 Å². The first-order chi connectivity index (χ1) is 8.68. The van der Waals surface area contributed by atoms with Gasteiger partial charge in [0.05, 0.1) is 24.8 Å². The minimum atomic E-state index is -0.529. The normalized spacial score (nSPS) is 16.4. The maximum atomic E-state index is 10.6. The second-order valence-corrected chi connectivity index (χ2v) is 4.63. The van der Waals surface area contributed by atoms with Crippen LogP contribution in [0.2, 0.25) is 5.02 Å². The molecule has 0 atom stereocenters. The molecule has 0 aliphatic heterocycles. The molecule has 1 aliphatic carbocycles. The third kappa shape index (κ3) is 1.88. The summed E-state index contributed by atoms with van der Waals surface area (Å²) in [7, 11) is 3.08. The number of aliphatic imine (C=N–C) groups is 1. The Bertz CT molecular complexity index is 505. The van der Waals surface area contributed by atoms with Crippen molar-refractivity contribution in [3.05, 3.63) is 22.7 Å². The average Bonchev–Trinajstić information content (AvgIpc) is 2.34. The van der Waals surface area contributed by atoms with Crippen molar-refractivity contribution < 1.29 is 14.3 Å². The lowest BCUT2D eigenvalue weighted by Crippen LogP contribution is -2.32. The second kappa shape index (κ2) is 5.01. The fraction of sp³-hybridized carbons (Fsp3) is 0.462. The summed E-state index contributed by atoms with van der Waals surface area (Å²) in [4.78, 5) is 14.5. The summed E-state index contributed by atoms with van der Waals surface area (Å²) < 4.78 is 10.4. The van der Waals surface area contributed by atoms with Crippen LogP contribution in [0.3, 0.4) is 0 Å². The van der Waals surface area contributed by atoms with Crippen molar-refractivity contribution >= 4 is 17.7 Å². The molecule has 2 rings (SSSR count). The molecular formula is C13H14ClNO3. The lowest BCUT2D eigenvalue weighted by Gasteiger charge is -2.38. The third-order valence-corrected chi connectivity index (χ3v) is 3.80. The van der Waals surface area contributed by atoms with E-state index in [4.69, 9.17) is 21.1 Å². The molecule has 1 fully saturated rings. The van der Waals surface area contributed by atoms with Gasteiger partial charge in [-0.15, -0.1) is 0 Å². The van der Waals surface area contributed by atoms with Gasteiger partial charge >= 0.3 is 0 Å². The van der Waals surface area contributed by atoms with Crippen molar-refractivity contribution in [3.8, 4) is 11.5 Å². The van der Waals surface area contributed by atoms with Crippen LogP contribution >= 0.6 is 11.6 Å². The molecular weight excluding hydrogens is 254 g/mol. The monoisotopic (exact) mass is 267 g/mol. The van der Waals surface area contributed by atoms with Gasteiger partial charge in [-0.25, -0.2) is 4.79 Å². The van der Waals surface area contributed by atoms with Gasteiger partial charge in [-0.3, -0.25) is 0 Å². The fourth-order valence-electron chi connectivity index (χ4n) is 2.29. The Kier molecular flexibility index (Phi) is 3.60. The van der Waals surface area contributed by atoms with Gasteiger partial charge < -0.3 is 9.47 Å². The Hall–Kier alpha value is -1.51. The van der Waals surface area contributed by atoms with E-state index in [1.165, 1.54) is 7.11 Å². The number of carbonyl (C=O) groups excluding carboxylic acids is 1. The maximum Gasteiger partial charge on any atom is 0.235 e. The molecule has 1 saturated carbocycles. The summed E-state index contributed by atoms with van der Waals surface area (Å²) >= 11 is 6.33. The van der Waals surface area contributed by atoms with E-state index in [0.29, 0.717) is 16.5 Å². The largest absolute Gasteiger partial charge is 0.493 e. The molecule has 0 saturated heterocycles. The molecule has 1 aromatic carbocycles. The summed E-state index contributed by atoms with van der Waals surface area (Å²) in [6.07, 6.45) is 4.28. The summed E-state index contributed by atoms with van der Waals surface area (Å²) in [5.74, 6) is 1.04. The van der Waals surface area contributed by atoms with Crippen LogP contribution in [0.4, 0.5) is 0 Å². The topological polar surface area (TPSA) is 47.9 Å². The summed E-state index contributed by atoms with van der Waals surface area (Å²) in [6, 6.07) is 3.62. The van der Waals surface area contributed by atoms with E-state index in [1.54, 1.807) is 19.3 Å². The van der Waals surface area contributed by atoms with Crippen molar-refractivity contribution in [1.29, 1.82) is 0 Å². The van der Waals surface area contributed by atoms with Crippen LogP contribution < -0.4 is 9.47 Å². The van der Waals surface area contributed by atoms with E-state index in [2.05, 4.69) is 4.99 Å². The number of nitrogens with zero attached hydrogens (tertiary/aromatic N) is 1. The molecule has 0 unspecified atom stereocenters. The standard InChI is InChI=1S/C13H14ClNO3/c1-17-10-5-4-9(11(14)12(10)18-2)13(15-8-16)6-3-7-13/h4-5H,3,6-7H2,1-2H3. The first-order valence-corrected chi connectivity index (χ1v) is 6.06. The van der Waals surface area contributed by atoms with Gasteiger partial charge in [0.1, 0.15) is 0 Å². The minimum absolute atomic E-state index is 0.454. The molecule has 0 heterocycles. The zero-order chi connectivity index (χ0) is 13.2. The van der Waals surface area contributed by atoms with Gasteiger partial charge in [-0.05, 0) is 25.3 Å². The number of rotatable bonds is 4. The van der Waals surface area contributed by atoms with E-state index < -0.39 is 5.54 Å². The second-order valence-electron chi connectivity index (χ2n) is 4.25. The van der Waals surface area contributed by atoms with Crippen molar-refractivity contribution in [3.63, 3.8) is 0 Å². The van der Waals surface area contributed by atoms with Gasteiger partial charge in [0, 0.05) is 5.56 Å². The Morgan fingerprint density at radius 3 is 2.50 bits per heavy atom.